The van der Waals surface area contributed by atoms with E-state index < -0.39 is 0 Å². The highest BCUT2D eigenvalue weighted by atomic mass is 35.5. The van der Waals surface area contributed by atoms with Crippen LogP contribution in [0.2, 0.25) is 5.02 Å². The zero-order chi connectivity index (χ0) is 14.5. The molecule has 0 aliphatic carbocycles. The van der Waals surface area contributed by atoms with Crippen molar-refractivity contribution in [1.29, 1.82) is 0 Å². The van der Waals surface area contributed by atoms with Gasteiger partial charge in [-0.1, -0.05) is 37.6 Å². The minimum atomic E-state index is 0. The van der Waals surface area contributed by atoms with Crippen molar-refractivity contribution in [3.05, 3.63) is 34.3 Å². The molecule has 5 heteroatoms. The Bertz CT molecular complexity index is 432. The van der Waals surface area contributed by atoms with Crippen molar-refractivity contribution in [1.82, 2.24) is 10.2 Å². The van der Waals surface area contributed by atoms with Crippen molar-refractivity contribution in [3.63, 3.8) is 0 Å². The minimum absolute atomic E-state index is 0. The van der Waals surface area contributed by atoms with Gasteiger partial charge in [0.2, 0.25) is 0 Å². The molecular weight excluding hydrogens is 339 g/mol. The summed E-state index contributed by atoms with van der Waals surface area (Å²) in [5.74, 6) is 0.751. The highest BCUT2D eigenvalue weighted by Crippen LogP contribution is 2.30. The van der Waals surface area contributed by atoms with Crippen LogP contribution < -0.4 is 5.32 Å². The van der Waals surface area contributed by atoms with Crippen LogP contribution in [0.3, 0.4) is 0 Å². The van der Waals surface area contributed by atoms with Crippen LogP contribution in [0.5, 0.6) is 0 Å². The van der Waals surface area contributed by atoms with Gasteiger partial charge in [-0.15, -0.1) is 24.8 Å². The average Bonchev–Trinajstić information content (AvgIpc) is 2.44. The highest BCUT2D eigenvalue weighted by molar-refractivity contribution is 6.31. The van der Waals surface area contributed by atoms with Crippen LogP contribution in [0.15, 0.2) is 18.2 Å². The Balaban J connectivity index is 0.00000220. The van der Waals surface area contributed by atoms with Crippen LogP contribution in [-0.4, -0.2) is 31.1 Å². The van der Waals surface area contributed by atoms with Gasteiger partial charge < -0.3 is 5.32 Å². The van der Waals surface area contributed by atoms with Crippen molar-refractivity contribution >= 4 is 36.4 Å². The van der Waals surface area contributed by atoms with E-state index in [1.54, 1.807) is 0 Å². The lowest BCUT2D eigenvalue weighted by Gasteiger charge is -2.36. The number of benzene rings is 1. The molecule has 0 spiro atoms. The van der Waals surface area contributed by atoms with Crippen molar-refractivity contribution in [2.45, 2.75) is 39.7 Å². The Labute approximate surface area is 152 Å². The summed E-state index contributed by atoms with van der Waals surface area (Å²) in [5.41, 5.74) is 2.54. The molecule has 1 aromatic rings. The number of rotatable bonds is 5. The molecule has 0 bridgehead atoms. The molecule has 1 aromatic carbocycles. The van der Waals surface area contributed by atoms with E-state index in [4.69, 9.17) is 11.6 Å². The van der Waals surface area contributed by atoms with E-state index in [1.165, 1.54) is 24.0 Å². The van der Waals surface area contributed by atoms with Gasteiger partial charge in [-0.05, 0) is 42.9 Å². The molecule has 2 rings (SSSR count). The monoisotopic (exact) mass is 366 g/mol. The van der Waals surface area contributed by atoms with Crippen molar-refractivity contribution in [2.75, 3.05) is 26.2 Å². The first kappa shape index (κ1) is 22.0. The summed E-state index contributed by atoms with van der Waals surface area (Å²) in [4.78, 5) is 2.61. The van der Waals surface area contributed by atoms with Gasteiger partial charge >= 0.3 is 0 Å². The van der Waals surface area contributed by atoms with Gasteiger partial charge in [-0.2, -0.15) is 0 Å². The molecule has 128 valence electrons. The summed E-state index contributed by atoms with van der Waals surface area (Å²) in [7, 11) is 0. The highest BCUT2D eigenvalue weighted by Gasteiger charge is 2.22. The molecule has 0 unspecified atom stereocenters. The molecule has 1 N–H and O–H groups in total. The molecule has 1 atom stereocenters. The largest absolute Gasteiger partial charge is 0.314 e. The number of aryl methyl sites for hydroxylation is 1. The zero-order valence-corrected chi connectivity index (χ0v) is 16.2. The normalized spacial score (nSPS) is 16.8. The fraction of sp³-hybridized carbons (Fsp3) is 0.647. The van der Waals surface area contributed by atoms with E-state index in [0.717, 1.165) is 37.1 Å². The Kier molecular flexibility index (Phi) is 10.7. The maximum Gasteiger partial charge on any atom is 0.0438 e. The second-order valence-corrected chi connectivity index (χ2v) is 6.69. The van der Waals surface area contributed by atoms with Crippen LogP contribution >= 0.6 is 36.4 Å². The molecule has 1 heterocycles. The summed E-state index contributed by atoms with van der Waals surface area (Å²) in [6, 6.07) is 7.10. The number of halogens is 3. The SMILES string of the molecule is Cc1ccc([C@H](CCC(C)C)N2CCNCC2)cc1Cl.Cl.Cl. The first-order valence-electron chi connectivity index (χ1n) is 7.78. The molecule has 0 amide bonds. The summed E-state index contributed by atoms with van der Waals surface area (Å²) in [5, 5.41) is 4.33. The van der Waals surface area contributed by atoms with Gasteiger partial charge in [0.25, 0.3) is 0 Å². The quantitative estimate of drug-likeness (QED) is 0.798. The zero-order valence-electron chi connectivity index (χ0n) is 13.8. The number of nitrogens with zero attached hydrogens (tertiary/aromatic N) is 1. The van der Waals surface area contributed by atoms with Crippen LogP contribution in [0.4, 0.5) is 0 Å². The van der Waals surface area contributed by atoms with Crippen molar-refractivity contribution in [3.8, 4) is 0 Å². The Morgan fingerprint density at radius 3 is 2.32 bits per heavy atom. The van der Waals surface area contributed by atoms with Crippen LogP contribution in [0.1, 0.15) is 43.9 Å². The molecule has 0 saturated carbocycles. The maximum absolute atomic E-state index is 6.33. The second-order valence-electron chi connectivity index (χ2n) is 6.28. The lowest BCUT2D eigenvalue weighted by Crippen LogP contribution is -2.45. The average molecular weight is 368 g/mol. The first-order chi connectivity index (χ1) is 9.58. The van der Waals surface area contributed by atoms with E-state index in [-0.39, 0.29) is 24.8 Å². The summed E-state index contributed by atoms with van der Waals surface area (Å²) >= 11 is 6.33. The molecule has 1 saturated heterocycles. The number of piperazine rings is 1. The maximum atomic E-state index is 6.33. The Hall–Kier alpha value is 0.01000. The van der Waals surface area contributed by atoms with E-state index in [9.17, 15) is 0 Å². The fourth-order valence-electron chi connectivity index (χ4n) is 2.86. The molecule has 1 fully saturated rings. The van der Waals surface area contributed by atoms with Gasteiger partial charge in [-0.25, -0.2) is 0 Å². The molecule has 1 aliphatic rings. The third-order valence-electron chi connectivity index (χ3n) is 4.19. The van der Waals surface area contributed by atoms with E-state index in [2.05, 4.69) is 49.2 Å². The molecule has 2 nitrogen and oxygen atoms in total. The predicted octanol–water partition coefficient (Wildman–Crippen LogP) is 4.87. The standard InChI is InChI=1S/C17H27ClN2.2ClH/c1-13(2)4-7-17(20-10-8-19-9-11-20)15-6-5-14(3)16(18)12-15;;/h5-6,12-13,17,19H,4,7-11H2,1-3H3;2*1H/t17-;;/m0../s1. The van der Waals surface area contributed by atoms with E-state index >= 15 is 0 Å². The molecule has 0 aromatic heterocycles. The van der Waals surface area contributed by atoms with Gasteiger partial charge in [0.05, 0.1) is 0 Å². The third-order valence-corrected chi connectivity index (χ3v) is 4.60. The van der Waals surface area contributed by atoms with E-state index in [1.807, 2.05) is 0 Å². The number of nitrogens with one attached hydrogen (secondary N) is 1. The summed E-state index contributed by atoms with van der Waals surface area (Å²) in [6.45, 7) is 11.1. The van der Waals surface area contributed by atoms with Gasteiger partial charge in [0, 0.05) is 37.2 Å². The third kappa shape index (κ3) is 6.25. The van der Waals surface area contributed by atoms with Crippen LogP contribution in [0, 0.1) is 12.8 Å². The topological polar surface area (TPSA) is 15.3 Å². The molecule has 1 aliphatic heterocycles. The van der Waals surface area contributed by atoms with Crippen molar-refractivity contribution < 1.29 is 0 Å². The number of hydrogen-bond donors (Lipinski definition) is 1. The van der Waals surface area contributed by atoms with Gasteiger partial charge in [-0.3, -0.25) is 4.90 Å². The summed E-state index contributed by atoms with van der Waals surface area (Å²) in [6.07, 6.45) is 2.48. The van der Waals surface area contributed by atoms with Crippen molar-refractivity contribution in [2.24, 2.45) is 5.92 Å². The Morgan fingerprint density at radius 2 is 1.77 bits per heavy atom. The minimum Gasteiger partial charge on any atom is -0.314 e. The van der Waals surface area contributed by atoms with Crippen LogP contribution in [0.25, 0.3) is 0 Å². The van der Waals surface area contributed by atoms with Gasteiger partial charge in [0.15, 0.2) is 0 Å². The fourth-order valence-corrected chi connectivity index (χ4v) is 3.05. The second kappa shape index (κ2) is 10.7. The lowest BCUT2D eigenvalue weighted by atomic mass is 9.95. The molecule has 0 radical (unpaired) electrons. The predicted molar refractivity (Wildman–Crippen MR) is 102 cm³/mol. The lowest BCUT2D eigenvalue weighted by molar-refractivity contribution is 0.160. The number of hydrogen-bond acceptors (Lipinski definition) is 2. The Morgan fingerprint density at radius 1 is 1.14 bits per heavy atom. The van der Waals surface area contributed by atoms with Gasteiger partial charge in [0.1, 0.15) is 0 Å². The first-order valence-corrected chi connectivity index (χ1v) is 8.16. The molecular formula is C17H29Cl3N2. The van der Waals surface area contributed by atoms with Crippen LogP contribution in [-0.2, 0) is 0 Å². The smallest absolute Gasteiger partial charge is 0.0438 e. The molecule has 22 heavy (non-hydrogen) atoms. The summed E-state index contributed by atoms with van der Waals surface area (Å²) < 4.78 is 0. The van der Waals surface area contributed by atoms with E-state index in [0.29, 0.717) is 6.04 Å².